The SMILES string of the molecule is CC(C)(O)[C@@H]1C[C@@](C)(c2cccc(-c3cncnc3)c2)N=C(N)S1.Cl.Cl. The number of aromatic nitrogens is 2. The van der Waals surface area contributed by atoms with E-state index in [4.69, 9.17) is 10.7 Å². The second-order valence-electron chi connectivity index (χ2n) is 6.90. The van der Waals surface area contributed by atoms with E-state index < -0.39 is 11.1 Å². The molecule has 8 heteroatoms. The quantitative estimate of drug-likeness (QED) is 0.797. The molecule has 2 aromatic rings. The minimum absolute atomic E-state index is 0. The lowest BCUT2D eigenvalue weighted by Gasteiger charge is -2.39. The van der Waals surface area contributed by atoms with E-state index in [9.17, 15) is 5.11 Å². The fraction of sp³-hybridized carbons (Fsp3) is 0.389. The molecule has 1 aliphatic rings. The Hall–Kier alpha value is -1.34. The normalized spacial score (nSPS) is 22.6. The van der Waals surface area contributed by atoms with E-state index in [0.29, 0.717) is 5.17 Å². The van der Waals surface area contributed by atoms with Crippen molar-refractivity contribution < 1.29 is 5.11 Å². The minimum Gasteiger partial charge on any atom is -0.389 e. The molecule has 1 aromatic carbocycles. The Bertz CT molecular complexity index is 767. The molecule has 3 N–H and O–H groups in total. The van der Waals surface area contributed by atoms with Crippen molar-refractivity contribution in [3.63, 3.8) is 0 Å². The highest BCUT2D eigenvalue weighted by atomic mass is 35.5. The van der Waals surface area contributed by atoms with Crippen LogP contribution in [0.4, 0.5) is 0 Å². The number of hydrogen-bond acceptors (Lipinski definition) is 6. The molecule has 26 heavy (non-hydrogen) atoms. The van der Waals surface area contributed by atoms with Crippen LogP contribution in [0.1, 0.15) is 32.8 Å². The molecule has 3 rings (SSSR count). The average Bonchev–Trinajstić information content (AvgIpc) is 2.54. The van der Waals surface area contributed by atoms with Gasteiger partial charge in [0.2, 0.25) is 0 Å². The Morgan fingerprint density at radius 3 is 2.46 bits per heavy atom. The summed E-state index contributed by atoms with van der Waals surface area (Å²) in [6, 6.07) is 8.20. The smallest absolute Gasteiger partial charge is 0.155 e. The van der Waals surface area contributed by atoms with Gasteiger partial charge in [0, 0.05) is 23.2 Å². The summed E-state index contributed by atoms with van der Waals surface area (Å²) in [6.45, 7) is 5.71. The second kappa shape index (κ2) is 8.57. The van der Waals surface area contributed by atoms with Gasteiger partial charge in [0.25, 0.3) is 0 Å². The van der Waals surface area contributed by atoms with Crippen LogP contribution in [0.5, 0.6) is 0 Å². The fourth-order valence-electron chi connectivity index (χ4n) is 2.92. The molecule has 1 aliphatic heterocycles. The van der Waals surface area contributed by atoms with Crippen LogP contribution in [0.3, 0.4) is 0 Å². The number of amidine groups is 1. The first kappa shape index (κ1) is 22.7. The predicted molar refractivity (Wildman–Crippen MR) is 113 cm³/mol. The molecule has 5 nitrogen and oxygen atoms in total. The fourth-order valence-corrected chi connectivity index (χ4v) is 4.16. The van der Waals surface area contributed by atoms with E-state index in [2.05, 4.69) is 29.0 Å². The first-order valence-electron chi connectivity index (χ1n) is 7.88. The van der Waals surface area contributed by atoms with Crippen LogP contribution in [0.2, 0.25) is 0 Å². The van der Waals surface area contributed by atoms with Gasteiger partial charge < -0.3 is 10.8 Å². The van der Waals surface area contributed by atoms with Crippen LogP contribution in [-0.4, -0.2) is 31.1 Å². The number of benzene rings is 1. The van der Waals surface area contributed by atoms with Crippen LogP contribution < -0.4 is 5.73 Å². The van der Waals surface area contributed by atoms with Gasteiger partial charge in [-0.2, -0.15) is 0 Å². The molecule has 0 aliphatic carbocycles. The van der Waals surface area contributed by atoms with Gasteiger partial charge in [-0.05, 0) is 44.4 Å². The Morgan fingerprint density at radius 2 is 1.85 bits per heavy atom. The average molecular weight is 415 g/mol. The van der Waals surface area contributed by atoms with Crippen molar-refractivity contribution >= 4 is 41.7 Å². The number of halogens is 2. The van der Waals surface area contributed by atoms with E-state index in [1.54, 1.807) is 12.4 Å². The maximum Gasteiger partial charge on any atom is 0.155 e. The Balaban J connectivity index is 0.00000169. The number of nitrogens with two attached hydrogens (primary N) is 1. The summed E-state index contributed by atoms with van der Waals surface area (Å²) >= 11 is 1.45. The molecular formula is C18H24Cl2N4OS. The molecule has 1 aromatic heterocycles. The molecule has 0 unspecified atom stereocenters. The van der Waals surface area contributed by atoms with E-state index in [1.165, 1.54) is 18.1 Å². The standard InChI is InChI=1S/C18H22N4OS.2ClH/c1-17(2,23)15-8-18(3,22-16(19)24-15)14-6-4-5-12(7-14)13-9-20-11-21-10-13;;/h4-7,9-11,15,23H,8H2,1-3H3,(H2,19,22);2*1H/t15-,18-;;/m0../s1. The van der Waals surface area contributed by atoms with Crippen molar-refractivity contribution in [1.82, 2.24) is 9.97 Å². The van der Waals surface area contributed by atoms with Gasteiger partial charge in [-0.1, -0.05) is 30.0 Å². The first-order valence-corrected chi connectivity index (χ1v) is 8.76. The first-order chi connectivity index (χ1) is 11.3. The van der Waals surface area contributed by atoms with Gasteiger partial charge in [0.05, 0.1) is 11.1 Å². The maximum absolute atomic E-state index is 10.4. The number of rotatable bonds is 3. The molecule has 0 bridgehead atoms. The van der Waals surface area contributed by atoms with Gasteiger partial charge in [-0.15, -0.1) is 24.8 Å². The second-order valence-corrected chi connectivity index (χ2v) is 8.12. The van der Waals surface area contributed by atoms with Crippen molar-refractivity contribution in [3.05, 3.63) is 48.5 Å². The highest BCUT2D eigenvalue weighted by molar-refractivity contribution is 8.14. The highest BCUT2D eigenvalue weighted by Crippen LogP contribution is 2.43. The van der Waals surface area contributed by atoms with E-state index in [1.807, 2.05) is 26.0 Å². The largest absolute Gasteiger partial charge is 0.389 e. The molecular weight excluding hydrogens is 391 g/mol. The molecule has 0 fully saturated rings. The zero-order valence-electron chi connectivity index (χ0n) is 14.9. The van der Waals surface area contributed by atoms with Gasteiger partial charge in [-0.25, -0.2) is 9.97 Å². The Kier molecular flexibility index (Phi) is 7.48. The van der Waals surface area contributed by atoms with E-state index >= 15 is 0 Å². The predicted octanol–water partition coefficient (Wildman–Crippen LogP) is 3.79. The van der Waals surface area contributed by atoms with Crippen molar-refractivity contribution in [2.24, 2.45) is 10.7 Å². The van der Waals surface area contributed by atoms with Crippen molar-refractivity contribution in [1.29, 1.82) is 0 Å². The molecule has 0 saturated carbocycles. The third kappa shape index (κ3) is 4.88. The van der Waals surface area contributed by atoms with Gasteiger partial charge in [-0.3, -0.25) is 4.99 Å². The van der Waals surface area contributed by atoms with Crippen molar-refractivity contribution in [2.75, 3.05) is 0 Å². The zero-order chi connectivity index (χ0) is 17.4. The van der Waals surface area contributed by atoms with Gasteiger partial charge >= 0.3 is 0 Å². The monoisotopic (exact) mass is 414 g/mol. The summed E-state index contributed by atoms with van der Waals surface area (Å²) in [6.07, 6.45) is 5.83. The summed E-state index contributed by atoms with van der Waals surface area (Å²) in [7, 11) is 0. The number of nitrogens with zero attached hydrogens (tertiary/aromatic N) is 3. The maximum atomic E-state index is 10.4. The Morgan fingerprint density at radius 1 is 1.19 bits per heavy atom. The van der Waals surface area contributed by atoms with Crippen LogP contribution in [-0.2, 0) is 5.54 Å². The molecule has 2 heterocycles. The number of aliphatic hydroxyl groups is 1. The van der Waals surface area contributed by atoms with Crippen LogP contribution in [0, 0.1) is 0 Å². The summed E-state index contributed by atoms with van der Waals surface area (Å²) in [4.78, 5) is 12.9. The highest BCUT2D eigenvalue weighted by Gasteiger charge is 2.40. The third-order valence-electron chi connectivity index (χ3n) is 4.37. The van der Waals surface area contributed by atoms with Crippen molar-refractivity contribution in [3.8, 4) is 11.1 Å². The molecule has 2 atom stereocenters. The number of aliphatic imine (C=N–C) groups is 1. The summed E-state index contributed by atoms with van der Waals surface area (Å²) in [5, 5.41) is 10.9. The molecule has 0 saturated heterocycles. The van der Waals surface area contributed by atoms with Crippen LogP contribution in [0.25, 0.3) is 11.1 Å². The molecule has 0 amide bonds. The lowest BCUT2D eigenvalue weighted by molar-refractivity contribution is 0.0686. The summed E-state index contributed by atoms with van der Waals surface area (Å²) < 4.78 is 0. The van der Waals surface area contributed by atoms with E-state index in [-0.39, 0.29) is 30.1 Å². The zero-order valence-corrected chi connectivity index (χ0v) is 17.4. The molecule has 0 spiro atoms. The topological polar surface area (TPSA) is 84.4 Å². The number of thioether (sulfide) groups is 1. The van der Waals surface area contributed by atoms with Crippen LogP contribution >= 0.6 is 36.6 Å². The summed E-state index contributed by atoms with van der Waals surface area (Å²) in [5.74, 6) is 0. The molecule has 0 radical (unpaired) electrons. The third-order valence-corrected chi connectivity index (χ3v) is 5.73. The lowest BCUT2D eigenvalue weighted by atomic mass is 9.83. The van der Waals surface area contributed by atoms with Crippen LogP contribution in [0.15, 0.2) is 48.0 Å². The number of hydrogen-bond donors (Lipinski definition) is 2. The van der Waals surface area contributed by atoms with Gasteiger partial charge in [0.15, 0.2) is 5.17 Å². The van der Waals surface area contributed by atoms with Gasteiger partial charge in [0.1, 0.15) is 6.33 Å². The summed E-state index contributed by atoms with van der Waals surface area (Å²) in [5.41, 5.74) is 7.85. The lowest BCUT2D eigenvalue weighted by Crippen LogP contribution is -2.43. The van der Waals surface area contributed by atoms with Crippen molar-refractivity contribution in [2.45, 2.75) is 43.6 Å². The Labute approximate surface area is 170 Å². The van der Waals surface area contributed by atoms with E-state index in [0.717, 1.165) is 23.1 Å². The minimum atomic E-state index is -0.822. The molecule has 142 valence electrons.